The van der Waals surface area contributed by atoms with E-state index in [2.05, 4.69) is 30.4 Å². The van der Waals surface area contributed by atoms with Crippen LogP contribution in [-0.4, -0.2) is 71.8 Å². The SMILES string of the molecule is C[C@@H](c1ncncc1F)[C@](O)(CN1C=NCN1)c1ccc(F)cc1-c1ncncc1F.O=C(O)CCCCCCC(=O)O. The Bertz CT molecular complexity index is 1410. The summed E-state index contributed by atoms with van der Waals surface area (Å²) in [7, 11) is 0. The molecule has 0 unspecified atom stereocenters. The van der Waals surface area contributed by atoms with Crippen LogP contribution >= 0.6 is 0 Å². The van der Waals surface area contributed by atoms with Crippen LogP contribution in [0.3, 0.4) is 0 Å². The van der Waals surface area contributed by atoms with Gasteiger partial charge in [-0.05, 0) is 30.5 Å². The number of carboxylic acid groups (broad SMARTS) is 2. The molecule has 3 heterocycles. The number of aliphatic hydroxyl groups is 1. The van der Waals surface area contributed by atoms with Crippen molar-refractivity contribution in [2.24, 2.45) is 4.99 Å². The molecule has 230 valence electrons. The fourth-order valence-electron chi connectivity index (χ4n) is 4.50. The Morgan fingerprint density at radius 1 is 0.977 bits per heavy atom. The molecular formula is C28H32F3N7O5. The van der Waals surface area contributed by atoms with Crippen molar-refractivity contribution in [3.05, 3.63) is 72.0 Å². The van der Waals surface area contributed by atoms with E-state index in [1.54, 1.807) is 6.92 Å². The third kappa shape index (κ3) is 9.24. The van der Waals surface area contributed by atoms with E-state index in [4.69, 9.17) is 10.2 Å². The van der Waals surface area contributed by atoms with Crippen molar-refractivity contribution in [1.29, 1.82) is 0 Å². The number of carbonyl (C=O) groups is 2. The van der Waals surface area contributed by atoms with E-state index >= 15 is 0 Å². The molecule has 0 amide bonds. The first-order chi connectivity index (χ1) is 20.5. The molecule has 0 radical (unpaired) electrons. The van der Waals surface area contributed by atoms with Crippen molar-refractivity contribution in [3.8, 4) is 11.3 Å². The third-order valence-electron chi connectivity index (χ3n) is 6.72. The normalized spacial score (nSPS) is 14.5. The van der Waals surface area contributed by atoms with Gasteiger partial charge in [-0.25, -0.2) is 38.5 Å². The standard InChI is InChI=1S/C20H18F3N7O.C8H14O4/c1-12(18-16(22)5-24-8-27-18)20(31,7-30-11-26-10-29-30)15-3-2-13(21)4-14(15)19-17(23)6-25-9-28-19;9-7(10)5-3-1-2-4-6-8(11)12/h2-6,8-9,11-12,29,31H,7,10H2,1H3;1-6H2,(H,9,10)(H,11,12)/t12-,20+;/m0./s1. The second-order valence-electron chi connectivity index (χ2n) is 9.75. The summed E-state index contributed by atoms with van der Waals surface area (Å²) in [4.78, 5) is 39.3. The summed E-state index contributed by atoms with van der Waals surface area (Å²) in [5.74, 6) is -4.67. The van der Waals surface area contributed by atoms with Crippen LogP contribution in [0.4, 0.5) is 13.2 Å². The number of aliphatic imine (C=N–C) groups is 1. The monoisotopic (exact) mass is 603 g/mol. The third-order valence-corrected chi connectivity index (χ3v) is 6.72. The maximum absolute atomic E-state index is 14.5. The summed E-state index contributed by atoms with van der Waals surface area (Å²) in [6.45, 7) is 1.75. The Balaban J connectivity index is 0.000000359. The summed E-state index contributed by atoms with van der Waals surface area (Å²) in [6.07, 6.45) is 8.98. The largest absolute Gasteiger partial charge is 0.481 e. The summed E-state index contributed by atoms with van der Waals surface area (Å²) >= 11 is 0. The number of aromatic nitrogens is 4. The van der Waals surface area contributed by atoms with E-state index in [1.807, 2.05) is 0 Å². The number of hydrogen-bond acceptors (Lipinski definition) is 10. The Morgan fingerprint density at radius 2 is 1.60 bits per heavy atom. The number of rotatable bonds is 13. The van der Waals surface area contributed by atoms with Gasteiger partial charge >= 0.3 is 11.9 Å². The first kappa shape index (κ1) is 33.0. The van der Waals surface area contributed by atoms with Crippen LogP contribution in [0.1, 0.15) is 62.6 Å². The minimum Gasteiger partial charge on any atom is -0.481 e. The highest BCUT2D eigenvalue weighted by Crippen LogP contribution is 2.42. The molecule has 1 aliphatic heterocycles. The Labute approximate surface area is 245 Å². The topological polar surface area (TPSA) is 174 Å². The van der Waals surface area contributed by atoms with Crippen molar-refractivity contribution in [2.75, 3.05) is 13.2 Å². The van der Waals surface area contributed by atoms with Crippen LogP contribution in [0.2, 0.25) is 0 Å². The van der Waals surface area contributed by atoms with Gasteiger partial charge in [-0.15, -0.1) is 0 Å². The highest BCUT2D eigenvalue weighted by molar-refractivity contribution is 5.67. The molecule has 1 aromatic carbocycles. The quantitative estimate of drug-likeness (QED) is 0.210. The Morgan fingerprint density at radius 3 is 2.16 bits per heavy atom. The molecule has 3 aromatic rings. The lowest BCUT2D eigenvalue weighted by atomic mass is 9.77. The predicted molar refractivity (Wildman–Crippen MR) is 148 cm³/mol. The molecule has 15 heteroatoms. The van der Waals surface area contributed by atoms with Crippen molar-refractivity contribution in [3.63, 3.8) is 0 Å². The van der Waals surface area contributed by atoms with E-state index in [-0.39, 0.29) is 41.9 Å². The van der Waals surface area contributed by atoms with Crippen LogP contribution in [0.5, 0.6) is 0 Å². The lowest BCUT2D eigenvalue weighted by Crippen LogP contribution is -2.47. The second kappa shape index (κ2) is 15.7. The number of aliphatic carboxylic acids is 2. The number of nitrogens with zero attached hydrogens (tertiary/aromatic N) is 6. The maximum atomic E-state index is 14.5. The number of carboxylic acids is 2. The number of β-amino-alcohol motifs (C(OH)–C–C–N with tert-alkyl or cyclic N) is 1. The van der Waals surface area contributed by atoms with Crippen molar-refractivity contribution in [1.82, 2.24) is 30.4 Å². The fraction of sp³-hybridized carbons (Fsp3) is 0.393. The van der Waals surface area contributed by atoms with E-state index in [0.717, 1.165) is 43.7 Å². The van der Waals surface area contributed by atoms with Crippen LogP contribution in [0, 0.1) is 17.5 Å². The number of unbranched alkanes of at least 4 members (excludes halogenated alkanes) is 3. The summed E-state index contributed by atoms with van der Waals surface area (Å²) < 4.78 is 43.2. The molecule has 0 spiro atoms. The van der Waals surface area contributed by atoms with Crippen molar-refractivity contribution in [2.45, 2.75) is 57.0 Å². The van der Waals surface area contributed by atoms with E-state index in [9.17, 15) is 27.9 Å². The molecule has 0 fully saturated rings. The number of hydrogen-bond donors (Lipinski definition) is 4. The summed E-state index contributed by atoms with van der Waals surface area (Å²) in [5.41, 5.74) is 0.983. The molecule has 0 aliphatic carbocycles. The van der Waals surface area contributed by atoms with Gasteiger partial charge < -0.3 is 15.3 Å². The van der Waals surface area contributed by atoms with E-state index < -0.39 is 40.9 Å². The zero-order valence-corrected chi connectivity index (χ0v) is 23.3. The van der Waals surface area contributed by atoms with Crippen LogP contribution in [-0.2, 0) is 15.2 Å². The van der Waals surface area contributed by atoms with Crippen molar-refractivity contribution < 1.29 is 38.1 Å². The molecule has 2 aromatic heterocycles. The molecule has 2 atom stereocenters. The van der Waals surface area contributed by atoms with Gasteiger partial charge in [0.05, 0.1) is 24.6 Å². The van der Waals surface area contributed by atoms with Crippen molar-refractivity contribution >= 4 is 18.3 Å². The average Bonchev–Trinajstić information content (AvgIpc) is 3.48. The zero-order valence-electron chi connectivity index (χ0n) is 23.3. The van der Waals surface area contributed by atoms with E-state index in [1.165, 1.54) is 23.7 Å². The Hall–Kier alpha value is -4.50. The molecule has 43 heavy (non-hydrogen) atoms. The van der Waals surface area contributed by atoms with Gasteiger partial charge in [0.1, 0.15) is 42.8 Å². The lowest BCUT2D eigenvalue weighted by molar-refractivity contribution is -0.138. The predicted octanol–water partition coefficient (Wildman–Crippen LogP) is 3.64. The molecule has 4 N–H and O–H groups in total. The number of halogens is 3. The number of hydrazine groups is 1. The molecule has 12 nitrogen and oxygen atoms in total. The highest BCUT2D eigenvalue weighted by atomic mass is 19.1. The maximum Gasteiger partial charge on any atom is 0.303 e. The van der Waals surface area contributed by atoms with Gasteiger partial charge in [-0.2, -0.15) is 0 Å². The van der Waals surface area contributed by atoms with Crippen LogP contribution in [0.15, 0.2) is 48.2 Å². The van der Waals surface area contributed by atoms with Gasteiger partial charge in [0.25, 0.3) is 0 Å². The first-order valence-electron chi connectivity index (χ1n) is 13.4. The summed E-state index contributed by atoms with van der Waals surface area (Å²) in [6, 6.07) is 3.53. The molecule has 1 aliphatic rings. The van der Waals surface area contributed by atoms with Gasteiger partial charge in [-0.1, -0.05) is 25.8 Å². The van der Waals surface area contributed by atoms with Crippen LogP contribution in [0.25, 0.3) is 11.3 Å². The molecule has 0 saturated heterocycles. The molecule has 0 saturated carbocycles. The number of nitrogens with one attached hydrogen (secondary N) is 1. The highest BCUT2D eigenvalue weighted by Gasteiger charge is 2.43. The molecular weight excluding hydrogens is 571 g/mol. The molecule has 0 bridgehead atoms. The average molecular weight is 604 g/mol. The molecule has 4 rings (SSSR count). The summed E-state index contributed by atoms with van der Waals surface area (Å²) in [5, 5.41) is 30.0. The lowest BCUT2D eigenvalue weighted by Gasteiger charge is -2.38. The Kier molecular flexibility index (Phi) is 12.0. The second-order valence-corrected chi connectivity index (χ2v) is 9.75. The van der Waals surface area contributed by atoms with Gasteiger partial charge in [0, 0.05) is 24.3 Å². The number of benzene rings is 1. The minimum atomic E-state index is -1.86. The van der Waals surface area contributed by atoms with Gasteiger partial charge in [-0.3, -0.25) is 19.6 Å². The smallest absolute Gasteiger partial charge is 0.303 e. The minimum absolute atomic E-state index is 0.0138. The zero-order chi connectivity index (χ0) is 31.4. The van der Waals surface area contributed by atoms with Gasteiger partial charge in [0.15, 0.2) is 11.6 Å². The fourth-order valence-corrected chi connectivity index (χ4v) is 4.50. The van der Waals surface area contributed by atoms with Gasteiger partial charge in [0.2, 0.25) is 0 Å². The van der Waals surface area contributed by atoms with E-state index in [0.29, 0.717) is 19.5 Å². The first-order valence-corrected chi connectivity index (χ1v) is 13.4. The van der Waals surface area contributed by atoms with Crippen LogP contribution < -0.4 is 5.43 Å².